The molecule has 7 heteroatoms. The van der Waals surface area contributed by atoms with Gasteiger partial charge in [-0.2, -0.15) is 5.10 Å². The quantitative estimate of drug-likeness (QED) is 0.418. The van der Waals surface area contributed by atoms with E-state index in [9.17, 15) is 4.79 Å². The van der Waals surface area contributed by atoms with E-state index in [2.05, 4.69) is 61.1 Å². The number of benzene rings is 2. The average molecular weight is 497 g/mol. The highest BCUT2D eigenvalue weighted by Gasteiger charge is 2.10. The Balaban J connectivity index is 1.86. The number of halogens is 2. The SMILES string of the molecule is CCN(CC)c1ccc(/C=N\NC(=O)COc2c(Br)cc(C)cc2Br)cc1. The minimum absolute atomic E-state index is 0.126. The Morgan fingerprint density at radius 2 is 1.74 bits per heavy atom. The molecule has 5 nitrogen and oxygen atoms in total. The molecule has 0 aliphatic heterocycles. The number of rotatable bonds is 8. The summed E-state index contributed by atoms with van der Waals surface area (Å²) >= 11 is 6.88. The molecule has 0 atom stereocenters. The van der Waals surface area contributed by atoms with Crippen LogP contribution < -0.4 is 15.1 Å². The van der Waals surface area contributed by atoms with Crippen LogP contribution in [0, 0.1) is 6.92 Å². The van der Waals surface area contributed by atoms with Crippen molar-refractivity contribution in [2.75, 3.05) is 24.6 Å². The summed E-state index contributed by atoms with van der Waals surface area (Å²) in [5.41, 5.74) is 5.64. The number of aryl methyl sites for hydroxylation is 1. The van der Waals surface area contributed by atoms with Gasteiger partial charge in [0.05, 0.1) is 15.2 Å². The zero-order valence-corrected chi connectivity index (χ0v) is 18.8. The van der Waals surface area contributed by atoms with E-state index in [1.54, 1.807) is 6.21 Å². The first-order chi connectivity index (χ1) is 12.9. The lowest BCUT2D eigenvalue weighted by atomic mass is 10.2. The summed E-state index contributed by atoms with van der Waals surface area (Å²) in [5, 5.41) is 3.99. The van der Waals surface area contributed by atoms with Crippen LogP contribution in [-0.4, -0.2) is 31.8 Å². The minimum atomic E-state index is -0.328. The molecule has 0 radical (unpaired) electrons. The van der Waals surface area contributed by atoms with Crippen molar-refractivity contribution >= 4 is 49.7 Å². The fourth-order valence-corrected chi connectivity index (χ4v) is 4.18. The van der Waals surface area contributed by atoms with Gasteiger partial charge >= 0.3 is 0 Å². The van der Waals surface area contributed by atoms with Gasteiger partial charge in [0.1, 0.15) is 5.75 Å². The monoisotopic (exact) mass is 495 g/mol. The van der Waals surface area contributed by atoms with Gasteiger partial charge in [-0.3, -0.25) is 4.79 Å². The number of hydrogen-bond donors (Lipinski definition) is 1. The molecule has 27 heavy (non-hydrogen) atoms. The van der Waals surface area contributed by atoms with Gasteiger partial charge in [0.15, 0.2) is 6.61 Å². The lowest BCUT2D eigenvalue weighted by molar-refractivity contribution is -0.123. The van der Waals surface area contributed by atoms with Crippen molar-refractivity contribution in [2.24, 2.45) is 5.10 Å². The third-order valence-electron chi connectivity index (χ3n) is 3.91. The van der Waals surface area contributed by atoms with Crippen LogP contribution in [0.5, 0.6) is 5.75 Å². The van der Waals surface area contributed by atoms with Crippen molar-refractivity contribution in [3.05, 3.63) is 56.5 Å². The summed E-state index contributed by atoms with van der Waals surface area (Å²) in [7, 11) is 0. The number of hydrazone groups is 1. The maximum atomic E-state index is 11.9. The first kappa shape index (κ1) is 21.4. The first-order valence-electron chi connectivity index (χ1n) is 8.70. The van der Waals surface area contributed by atoms with Crippen LogP contribution in [0.25, 0.3) is 0 Å². The van der Waals surface area contributed by atoms with Gasteiger partial charge in [-0.15, -0.1) is 0 Å². The summed E-state index contributed by atoms with van der Waals surface area (Å²) in [6.07, 6.45) is 1.61. The van der Waals surface area contributed by atoms with Gasteiger partial charge in [-0.25, -0.2) is 5.43 Å². The molecule has 144 valence electrons. The Morgan fingerprint density at radius 3 is 2.30 bits per heavy atom. The zero-order valence-electron chi connectivity index (χ0n) is 15.6. The molecule has 0 saturated carbocycles. The number of nitrogens with zero attached hydrogens (tertiary/aromatic N) is 2. The number of nitrogens with one attached hydrogen (secondary N) is 1. The van der Waals surface area contributed by atoms with Crippen LogP contribution >= 0.6 is 31.9 Å². The van der Waals surface area contributed by atoms with Crippen molar-refractivity contribution in [3.63, 3.8) is 0 Å². The Morgan fingerprint density at radius 1 is 1.15 bits per heavy atom. The molecule has 0 spiro atoms. The fourth-order valence-electron chi connectivity index (χ4n) is 2.53. The van der Waals surface area contributed by atoms with Crippen LogP contribution in [0.4, 0.5) is 5.69 Å². The molecule has 0 aromatic heterocycles. The highest BCUT2D eigenvalue weighted by Crippen LogP contribution is 2.34. The summed E-state index contributed by atoms with van der Waals surface area (Å²) in [6.45, 7) is 8.04. The molecule has 2 rings (SSSR count). The summed E-state index contributed by atoms with van der Waals surface area (Å²) in [6, 6.07) is 11.9. The van der Waals surface area contributed by atoms with Gasteiger partial charge in [-0.05, 0) is 88.0 Å². The topological polar surface area (TPSA) is 53.9 Å². The molecule has 1 N–H and O–H groups in total. The Hall–Kier alpha value is -1.86. The maximum absolute atomic E-state index is 11.9. The molecule has 0 unspecified atom stereocenters. The van der Waals surface area contributed by atoms with Crippen molar-refractivity contribution < 1.29 is 9.53 Å². The number of carbonyl (C=O) groups is 1. The van der Waals surface area contributed by atoms with E-state index in [0.29, 0.717) is 5.75 Å². The molecule has 0 aliphatic rings. The van der Waals surface area contributed by atoms with Crippen molar-refractivity contribution in [2.45, 2.75) is 20.8 Å². The fraction of sp³-hybridized carbons (Fsp3) is 0.300. The zero-order chi connectivity index (χ0) is 19.8. The molecule has 0 aliphatic carbocycles. The predicted molar refractivity (Wildman–Crippen MR) is 118 cm³/mol. The van der Waals surface area contributed by atoms with Crippen molar-refractivity contribution in [1.29, 1.82) is 0 Å². The highest BCUT2D eigenvalue weighted by atomic mass is 79.9. The second-order valence-corrected chi connectivity index (χ2v) is 7.61. The van der Waals surface area contributed by atoms with Gasteiger partial charge in [0, 0.05) is 18.8 Å². The first-order valence-corrected chi connectivity index (χ1v) is 10.3. The average Bonchev–Trinajstić information content (AvgIpc) is 2.63. The molecule has 1 amide bonds. The minimum Gasteiger partial charge on any atom is -0.481 e. The van der Waals surface area contributed by atoms with E-state index in [-0.39, 0.29) is 12.5 Å². The second-order valence-electron chi connectivity index (χ2n) is 5.90. The van der Waals surface area contributed by atoms with Crippen LogP contribution in [0.15, 0.2) is 50.4 Å². The van der Waals surface area contributed by atoms with E-state index in [1.165, 1.54) is 5.69 Å². The van der Waals surface area contributed by atoms with Crippen molar-refractivity contribution in [3.8, 4) is 5.75 Å². The predicted octanol–water partition coefficient (Wildman–Crippen LogP) is 4.90. The molecular weight excluding hydrogens is 474 g/mol. The normalized spacial score (nSPS) is 10.9. The van der Waals surface area contributed by atoms with E-state index in [1.807, 2.05) is 43.3 Å². The van der Waals surface area contributed by atoms with E-state index in [4.69, 9.17) is 4.74 Å². The summed E-state index contributed by atoms with van der Waals surface area (Å²) in [4.78, 5) is 14.2. The maximum Gasteiger partial charge on any atom is 0.277 e. The lowest BCUT2D eigenvalue weighted by Crippen LogP contribution is -2.24. The van der Waals surface area contributed by atoms with E-state index >= 15 is 0 Å². The molecule has 0 heterocycles. The van der Waals surface area contributed by atoms with E-state index < -0.39 is 0 Å². The Bertz CT molecular complexity index is 780. The van der Waals surface area contributed by atoms with Crippen LogP contribution in [-0.2, 0) is 4.79 Å². The molecule has 2 aromatic rings. The third kappa shape index (κ3) is 6.36. The molecular formula is C20H23Br2N3O2. The standard InChI is InChI=1S/C20H23Br2N3O2/c1-4-25(5-2)16-8-6-15(7-9-16)12-23-24-19(26)13-27-20-17(21)10-14(3)11-18(20)22/h6-12H,4-5,13H2,1-3H3,(H,24,26)/b23-12-. The molecule has 0 fully saturated rings. The number of hydrogen-bond acceptors (Lipinski definition) is 4. The molecule has 0 saturated heterocycles. The van der Waals surface area contributed by atoms with Crippen LogP contribution in [0.1, 0.15) is 25.0 Å². The summed E-state index contributed by atoms with van der Waals surface area (Å²) in [5.74, 6) is 0.261. The smallest absolute Gasteiger partial charge is 0.277 e. The van der Waals surface area contributed by atoms with Gasteiger partial charge in [0.25, 0.3) is 5.91 Å². The molecule has 0 bridgehead atoms. The van der Waals surface area contributed by atoms with E-state index in [0.717, 1.165) is 33.2 Å². The Kier molecular flexibility index (Phi) is 8.31. The van der Waals surface area contributed by atoms with Gasteiger partial charge < -0.3 is 9.64 Å². The van der Waals surface area contributed by atoms with Crippen LogP contribution in [0.2, 0.25) is 0 Å². The largest absolute Gasteiger partial charge is 0.481 e. The van der Waals surface area contributed by atoms with Gasteiger partial charge in [0.2, 0.25) is 0 Å². The molecule has 2 aromatic carbocycles. The third-order valence-corrected chi connectivity index (χ3v) is 5.09. The highest BCUT2D eigenvalue weighted by molar-refractivity contribution is 9.11. The number of ether oxygens (including phenoxy) is 1. The number of carbonyl (C=O) groups excluding carboxylic acids is 1. The van der Waals surface area contributed by atoms with Gasteiger partial charge in [-0.1, -0.05) is 12.1 Å². The van der Waals surface area contributed by atoms with Crippen molar-refractivity contribution in [1.82, 2.24) is 5.43 Å². The summed E-state index contributed by atoms with van der Waals surface area (Å²) < 4.78 is 7.15. The second kappa shape index (κ2) is 10.5. The Labute approximate surface area is 177 Å². The lowest BCUT2D eigenvalue weighted by Gasteiger charge is -2.20. The number of amides is 1. The van der Waals surface area contributed by atoms with Crippen LogP contribution in [0.3, 0.4) is 0 Å². The number of anilines is 1.